The molecule has 0 saturated heterocycles. The number of ether oxygens (including phenoxy) is 1. The number of rotatable bonds is 7. The minimum Gasteiger partial charge on any atom is -0.384 e. The van der Waals surface area contributed by atoms with Gasteiger partial charge < -0.3 is 4.74 Å². The van der Waals surface area contributed by atoms with Gasteiger partial charge in [-0.15, -0.1) is 0 Å². The topological polar surface area (TPSA) is 55.4 Å². The molecule has 19 heavy (non-hydrogen) atoms. The van der Waals surface area contributed by atoms with E-state index in [2.05, 4.69) is 4.74 Å². The number of halogens is 3. The van der Waals surface area contributed by atoms with E-state index in [1.807, 2.05) is 4.72 Å². The zero-order valence-electron chi connectivity index (χ0n) is 10.2. The van der Waals surface area contributed by atoms with Crippen LogP contribution in [0.3, 0.4) is 0 Å². The van der Waals surface area contributed by atoms with Crippen LogP contribution in [0.15, 0.2) is 24.3 Å². The van der Waals surface area contributed by atoms with Crippen LogP contribution < -0.4 is 4.72 Å². The predicted molar refractivity (Wildman–Crippen MR) is 69.0 cm³/mol. The molecule has 0 heterocycles. The SMILES string of the molecule is COCCS(=O)(=O)NCC(F)(F)c1ccc(Cl)cc1. The lowest BCUT2D eigenvalue weighted by Crippen LogP contribution is -2.37. The molecule has 0 aliphatic carbocycles. The normalized spacial score (nSPS) is 12.6. The van der Waals surface area contributed by atoms with Crippen LogP contribution >= 0.6 is 11.6 Å². The van der Waals surface area contributed by atoms with Crippen molar-refractivity contribution in [1.29, 1.82) is 0 Å². The van der Waals surface area contributed by atoms with Crippen molar-refractivity contribution in [2.75, 3.05) is 26.0 Å². The highest BCUT2D eigenvalue weighted by atomic mass is 35.5. The number of sulfonamides is 1. The number of benzene rings is 1. The van der Waals surface area contributed by atoms with E-state index in [1.54, 1.807) is 0 Å². The summed E-state index contributed by atoms with van der Waals surface area (Å²) in [7, 11) is -2.44. The van der Waals surface area contributed by atoms with E-state index in [-0.39, 0.29) is 17.9 Å². The molecule has 4 nitrogen and oxygen atoms in total. The fraction of sp³-hybridized carbons (Fsp3) is 0.455. The molecular formula is C11H14ClF2NO3S. The van der Waals surface area contributed by atoms with Gasteiger partial charge >= 0.3 is 0 Å². The van der Waals surface area contributed by atoms with Crippen LogP contribution in [-0.2, 0) is 20.7 Å². The third kappa shape index (κ3) is 5.40. The Hall–Kier alpha value is -0.760. The first-order chi connectivity index (χ1) is 8.77. The van der Waals surface area contributed by atoms with Crippen LogP contribution in [0.2, 0.25) is 5.02 Å². The van der Waals surface area contributed by atoms with Crippen LogP contribution in [0.5, 0.6) is 0 Å². The lowest BCUT2D eigenvalue weighted by molar-refractivity contribution is 0.00207. The summed E-state index contributed by atoms with van der Waals surface area (Å²) in [5.41, 5.74) is -0.300. The average Bonchev–Trinajstić information content (AvgIpc) is 2.35. The Morgan fingerprint density at radius 2 is 1.89 bits per heavy atom. The highest BCUT2D eigenvalue weighted by molar-refractivity contribution is 7.89. The Morgan fingerprint density at radius 3 is 2.42 bits per heavy atom. The van der Waals surface area contributed by atoms with Gasteiger partial charge in [-0.2, -0.15) is 8.78 Å². The van der Waals surface area contributed by atoms with Gasteiger partial charge in [0.25, 0.3) is 5.92 Å². The molecule has 108 valence electrons. The Labute approximate surface area is 115 Å². The molecule has 0 atom stereocenters. The van der Waals surface area contributed by atoms with Crippen molar-refractivity contribution >= 4 is 21.6 Å². The van der Waals surface area contributed by atoms with E-state index >= 15 is 0 Å². The summed E-state index contributed by atoms with van der Waals surface area (Å²) < 4.78 is 56.7. The minimum atomic E-state index is -3.77. The zero-order chi connectivity index (χ0) is 14.5. The molecule has 1 rings (SSSR count). The van der Waals surface area contributed by atoms with Crippen LogP contribution in [0, 0.1) is 0 Å². The van der Waals surface area contributed by atoms with Gasteiger partial charge in [0.1, 0.15) is 0 Å². The smallest absolute Gasteiger partial charge is 0.286 e. The molecule has 0 bridgehead atoms. The molecule has 0 aromatic heterocycles. The summed E-state index contributed by atoms with van der Waals surface area (Å²) in [6, 6.07) is 4.96. The van der Waals surface area contributed by atoms with Gasteiger partial charge in [-0.1, -0.05) is 23.7 Å². The van der Waals surface area contributed by atoms with E-state index in [9.17, 15) is 17.2 Å². The van der Waals surface area contributed by atoms with Crippen molar-refractivity contribution in [3.8, 4) is 0 Å². The first-order valence-corrected chi connectivity index (χ1v) is 7.40. The van der Waals surface area contributed by atoms with Crippen molar-refractivity contribution in [2.45, 2.75) is 5.92 Å². The number of nitrogens with one attached hydrogen (secondary N) is 1. The Bertz CT molecular complexity index is 505. The van der Waals surface area contributed by atoms with Crippen molar-refractivity contribution in [3.63, 3.8) is 0 Å². The fourth-order valence-corrected chi connectivity index (χ4v) is 2.32. The highest BCUT2D eigenvalue weighted by Crippen LogP contribution is 2.28. The molecule has 1 N–H and O–H groups in total. The second-order valence-electron chi connectivity index (χ2n) is 3.84. The van der Waals surface area contributed by atoms with Crippen LogP contribution in [0.1, 0.15) is 5.56 Å². The molecule has 1 aromatic rings. The minimum absolute atomic E-state index is 0.0537. The molecular weight excluding hydrogens is 300 g/mol. The molecule has 0 fully saturated rings. The summed E-state index contributed by atoms with van der Waals surface area (Å²) in [5, 5.41) is 0.334. The molecule has 1 aromatic carbocycles. The molecule has 0 unspecified atom stereocenters. The summed E-state index contributed by atoms with van der Waals surface area (Å²) in [4.78, 5) is 0. The highest BCUT2D eigenvalue weighted by Gasteiger charge is 2.32. The molecule has 0 radical (unpaired) electrons. The first kappa shape index (κ1) is 16.3. The lowest BCUT2D eigenvalue weighted by atomic mass is 10.1. The molecule has 0 aliphatic rings. The number of alkyl halides is 2. The second kappa shape index (κ2) is 6.60. The zero-order valence-corrected chi connectivity index (χ0v) is 11.8. The number of methoxy groups -OCH3 is 1. The third-order valence-corrected chi connectivity index (χ3v) is 3.88. The number of hydrogen-bond acceptors (Lipinski definition) is 3. The Kier molecular flexibility index (Phi) is 5.66. The standard InChI is InChI=1S/C11H14ClF2NO3S/c1-18-6-7-19(16,17)15-8-11(13,14)9-2-4-10(12)5-3-9/h2-5,15H,6-8H2,1H3. The van der Waals surface area contributed by atoms with Gasteiger partial charge in [-0.25, -0.2) is 13.1 Å². The molecule has 8 heteroatoms. The average molecular weight is 314 g/mol. The van der Waals surface area contributed by atoms with Gasteiger partial charge in [0, 0.05) is 17.7 Å². The summed E-state index contributed by atoms with van der Waals surface area (Å²) in [5.74, 6) is -3.66. The molecule has 0 spiro atoms. The maximum Gasteiger partial charge on any atom is 0.286 e. The maximum atomic E-state index is 13.7. The maximum absolute atomic E-state index is 13.7. The van der Waals surface area contributed by atoms with E-state index in [1.165, 1.54) is 19.2 Å². The fourth-order valence-electron chi connectivity index (χ4n) is 1.26. The van der Waals surface area contributed by atoms with Crippen molar-refractivity contribution < 1.29 is 21.9 Å². The van der Waals surface area contributed by atoms with E-state index in [0.29, 0.717) is 5.02 Å². The summed E-state index contributed by atoms with van der Waals surface area (Å²) in [6.45, 7) is -1.05. The van der Waals surface area contributed by atoms with E-state index in [4.69, 9.17) is 11.6 Å². The van der Waals surface area contributed by atoms with Gasteiger partial charge in [0.05, 0.1) is 18.9 Å². The first-order valence-electron chi connectivity index (χ1n) is 5.37. The van der Waals surface area contributed by atoms with Crippen LogP contribution in [0.4, 0.5) is 8.78 Å². The van der Waals surface area contributed by atoms with Crippen molar-refractivity contribution in [1.82, 2.24) is 4.72 Å². The van der Waals surface area contributed by atoms with E-state index < -0.39 is 22.5 Å². The van der Waals surface area contributed by atoms with E-state index in [0.717, 1.165) is 12.1 Å². The molecule has 0 aliphatic heterocycles. The van der Waals surface area contributed by atoms with Crippen molar-refractivity contribution in [2.24, 2.45) is 0 Å². The quantitative estimate of drug-likeness (QED) is 0.837. The molecule has 0 saturated carbocycles. The van der Waals surface area contributed by atoms with Crippen LogP contribution in [-0.4, -0.2) is 34.4 Å². The van der Waals surface area contributed by atoms with Gasteiger partial charge in [-0.3, -0.25) is 0 Å². The van der Waals surface area contributed by atoms with Gasteiger partial charge in [-0.05, 0) is 12.1 Å². The largest absolute Gasteiger partial charge is 0.384 e. The predicted octanol–water partition coefficient (Wildman–Crippen LogP) is 2.00. The lowest BCUT2D eigenvalue weighted by Gasteiger charge is -2.17. The van der Waals surface area contributed by atoms with Crippen LogP contribution in [0.25, 0.3) is 0 Å². The number of hydrogen-bond donors (Lipinski definition) is 1. The Morgan fingerprint density at radius 1 is 1.32 bits per heavy atom. The monoisotopic (exact) mass is 313 g/mol. The summed E-state index contributed by atoms with van der Waals surface area (Å²) in [6.07, 6.45) is 0. The third-order valence-electron chi connectivity index (χ3n) is 2.34. The molecule has 0 amide bonds. The van der Waals surface area contributed by atoms with Gasteiger partial charge in [0.15, 0.2) is 0 Å². The van der Waals surface area contributed by atoms with Crippen molar-refractivity contribution in [3.05, 3.63) is 34.9 Å². The Balaban J connectivity index is 2.67. The van der Waals surface area contributed by atoms with Gasteiger partial charge in [0.2, 0.25) is 10.0 Å². The summed E-state index contributed by atoms with van der Waals surface area (Å²) >= 11 is 5.60. The second-order valence-corrected chi connectivity index (χ2v) is 6.21.